The Morgan fingerprint density at radius 1 is 1.19 bits per heavy atom. The van der Waals surface area contributed by atoms with Crippen LogP contribution in [0.25, 0.3) is 17.1 Å². The summed E-state index contributed by atoms with van der Waals surface area (Å²) >= 11 is 0. The standard InChI is InChI=1S/C14H17N7/c1-4-15-14-17-7-11(8-18-14)13-16-5-6-21(13)12-9-20(3)19-10(12)2/h5-9H,4H2,1-3H3,(H,15,17,18). The van der Waals surface area contributed by atoms with E-state index in [0.29, 0.717) is 5.95 Å². The van der Waals surface area contributed by atoms with E-state index in [1.807, 2.05) is 37.9 Å². The molecule has 0 radical (unpaired) electrons. The maximum atomic E-state index is 4.41. The second kappa shape index (κ2) is 5.35. The van der Waals surface area contributed by atoms with Crippen molar-refractivity contribution in [3.05, 3.63) is 36.7 Å². The SMILES string of the molecule is CCNc1ncc(-c2nccn2-c2cn(C)nc2C)cn1. The molecular weight excluding hydrogens is 266 g/mol. The van der Waals surface area contributed by atoms with Crippen LogP contribution in [0.4, 0.5) is 5.95 Å². The smallest absolute Gasteiger partial charge is 0.222 e. The van der Waals surface area contributed by atoms with Gasteiger partial charge in [-0.1, -0.05) is 0 Å². The van der Waals surface area contributed by atoms with Gasteiger partial charge in [0.25, 0.3) is 0 Å². The molecule has 3 aromatic heterocycles. The molecule has 21 heavy (non-hydrogen) atoms. The van der Waals surface area contributed by atoms with E-state index in [4.69, 9.17) is 0 Å². The Morgan fingerprint density at radius 2 is 1.95 bits per heavy atom. The highest BCUT2D eigenvalue weighted by Crippen LogP contribution is 2.22. The summed E-state index contributed by atoms with van der Waals surface area (Å²) in [5.41, 5.74) is 2.81. The Hall–Kier alpha value is -2.70. The van der Waals surface area contributed by atoms with Gasteiger partial charge in [0.2, 0.25) is 5.95 Å². The van der Waals surface area contributed by atoms with Crippen LogP contribution in [0.15, 0.2) is 31.0 Å². The third kappa shape index (κ3) is 2.49. The Kier molecular flexibility index (Phi) is 3.39. The summed E-state index contributed by atoms with van der Waals surface area (Å²) in [4.78, 5) is 13.0. The monoisotopic (exact) mass is 283 g/mol. The highest BCUT2D eigenvalue weighted by molar-refractivity contribution is 5.57. The Balaban J connectivity index is 2.00. The molecule has 7 heteroatoms. The average molecular weight is 283 g/mol. The van der Waals surface area contributed by atoms with Crippen molar-refractivity contribution in [2.24, 2.45) is 7.05 Å². The van der Waals surface area contributed by atoms with E-state index in [1.54, 1.807) is 23.3 Å². The molecule has 0 amide bonds. The van der Waals surface area contributed by atoms with E-state index in [2.05, 4.69) is 25.4 Å². The number of rotatable bonds is 4. The molecule has 7 nitrogen and oxygen atoms in total. The summed E-state index contributed by atoms with van der Waals surface area (Å²) in [7, 11) is 1.90. The lowest BCUT2D eigenvalue weighted by Gasteiger charge is -2.07. The van der Waals surface area contributed by atoms with Gasteiger partial charge in [-0.15, -0.1) is 0 Å². The molecule has 3 aromatic rings. The van der Waals surface area contributed by atoms with Crippen molar-refractivity contribution in [3.63, 3.8) is 0 Å². The molecule has 1 N–H and O–H groups in total. The number of aryl methyl sites for hydroxylation is 2. The minimum atomic E-state index is 0.622. The van der Waals surface area contributed by atoms with Crippen molar-refractivity contribution >= 4 is 5.95 Å². The molecule has 0 bridgehead atoms. The van der Waals surface area contributed by atoms with Gasteiger partial charge in [-0.25, -0.2) is 15.0 Å². The van der Waals surface area contributed by atoms with Crippen LogP contribution in [0.3, 0.4) is 0 Å². The summed E-state index contributed by atoms with van der Waals surface area (Å²) in [6.07, 6.45) is 9.19. The predicted octanol–water partition coefficient (Wildman–Crippen LogP) is 1.80. The molecule has 0 atom stereocenters. The quantitative estimate of drug-likeness (QED) is 0.790. The van der Waals surface area contributed by atoms with Crippen LogP contribution in [-0.4, -0.2) is 35.8 Å². The van der Waals surface area contributed by atoms with E-state index in [-0.39, 0.29) is 0 Å². The van der Waals surface area contributed by atoms with Crippen LogP contribution < -0.4 is 5.32 Å². The zero-order valence-electron chi connectivity index (χ0n) is 12.3. The van der Waals surface area contributed by atoms with Gasteiger partial charge in [-0.05, 0) is 13.8 Å². The maximum absolute atomic E-state index is 4.41. The van der Waals surface area contributed by atoms with Gasteiger partial charge < -0.3 is 5.32 Å². The first-order valence-electron chi connectivity index (χ1n) is 6.79. The van der Waals surface area contributed by atoms with Crippen LogP contribution in [0, 0.1) is 6.92 Å². The molecule has 0 aromatic carbocycles. The summed E-state index contributed by atoms with van der Waals surface area (Å²) < 4.78 is 3.78. The van der Waals surface area contributed by atoms with Crippen LogP contribution >= 0.6 is 0 Å². The molecule has 0 aliphatic rings. The third-order valence-corrected chi connectivity index (χ3v) is 3.13. The fourth-order valence-electron chi connectivity index (χ4n) is 2.23. The van der Waals surface area contributed by atoms with Crippen molar-refractivity contribution in [1.82, 2.24) is 29.3 Å². The summed E-state index contributed by atoms with van der Waals surface area (Å²) in [6.45, 7) is 4.78. The first kappa shape index (κ1) is 13.3. The van der Waals surface area contributed by atoms with Crippen molar-refractivity contribution in [3.8, 4) is 17.1 Å². The minimum Gasteiger partial charge on any atom is -0.355 e. The first-order valence-corrected chi connectivity index (χ1v) is 6.79. The lowest BCUT2D eigenvalue weighted by molar-refractivity contribution is 0.756. The van der Waals surface area contributed by atoms with Crippen LogP contribution in [-0.2, 0) is 7.05 Å². The van der Waals surface area contributed by atoms with Crippen LogP contribution in [0.5, 0.6) is 0 Å². The molecular formula is C14H17N7. The van der Waals surface area contributed by atoms with E-state index < -0.39 is 0 Å². The zero-order chi connectivity index (χ0) is 14.8. The summed E-state index contributed by atoms with van der Waals surface area (Å²) in [5, 5.41) is 7.44. The number of imidazole rings is 1. The Bertz CT molecular complexity index is 739. The highest BCUT2D eigenvalue weighted by Gasteiger charge is 2.12. The molecule has 0 saturated carbocycles. The number of nitrogens with zero attached hydrogens (tertiary/aromatic N) is 6. The molecule has 108 valence electrons. The third-order valence-electron chi connectivity index (χ3n) is 3.13. The fourth-order valence-corrected chi connectivity index (χ4v) is 2.23. The Labute approximate surface area is 122 Å². The lowest BCUT2D eigenvalue weighted by Crippen LogP contribution is -2.03. The van der Waals surface area contributed by atoms with E-state index in [9.17, 15) is 0 Å². The van der Waals surface area contributed by atoms with Gasteiger partial charge >= 0.3 is 0 Å². The van der Waals surface area contributed by atoms with E-state index >= 15 is 0 Å². The zero-order valence-corrected chi connectivity index (χ0v) is 12.3. The van der Waals surface area contributed by atoms with Gasteiger partial charge in [0.1, 0.15) is 5.82 Å². The van der Waals surface area contributed by atoms with Crippen molar-refractivity contribution < 1.29 is 0 Å². The van der Waals surface area contributed by atoms with Crippen molar-refractivity contribution in [2.45, 2.75) is 13.8 Å². The van der Waals surface area contributed by atoms with Crippen molar-refractivity contribution in [2.75, 3.05) is 11.9 Å². The molecule has 0 aliphatic carbocycles. The number of anilines is 1. The molecule has 0 aliphatic heterocycles. The summed E-state index contributed by atoms with van der Waals surface area (Å²) in [6, 6.07) is 0. The largest absolute Gasteiger partial charge is 0.355 e. The number of nitrogens with one attached hydrogen (secondary N) is 1. The van der Waals surface area contributed by atoms with E-state index in [1.165, 1.54) is 0 Å². The van der Waals surface area contributed by atoms with Crippen LogP contribution in [0.1, 0.15) is 12.6 Å². The van der Waals surface area contributed by atoms with E-state index in [0.717, 1.165) is 29.3 Å². The number of hydrogen-bond donors (Lipinski definition) is 1. The topological polar surface area (TPSA) is 73.5 Å². The van der Waals surface area contributed by atoms with Gasteiger partial charge in [0.05, 0.1) is 16.9 Å². The second-order valence-electron chi connectivity index (χ2n) is 4.72. The fraction of sp³-hybridized carbons (Fsp3) is 0.286. The van der Waals surface area contributed by atoms with Gasteiger partial charge in [0.15, 0.2) is 0 Å². The van der Waals surface area contributed by atoms with Crippen molar-refractivity contribution in [1.29, 1.82) is 0 Å². The first-order chi connectivity index (χ1) is 10.2. The lowest BCUT2D eigenvalue weighted by atomic mass is 10.3. The molecule has 3 rings (SSSR count). The molecule has 3 heterocycles. The Morgan fingerprint density at radius 3 is 2.57 bits per heavy atom. The van der Waals surface area contributed by atoms with Gasteiger partial charge in [-0.3, -0.25) is 9.25 Å². The number of hydrogen-bond acceptors (Lipinski definition) is 5. The minimum absolute atomic E-state index is 0.622. The molecule has 0 saturated heterocycles. The summed E-state index contributed by atoms with van der Waals surface area (Å²) in [5.74, 6) is 1.42. The average Bonchev–Trinajstić information content (AvgIpc) is 3.06. The second-order valence-corrected chi connectivity index (χ2v) is 4.72. The molecule has 0 spiro atoms. The number of aromatic nitrogens is 6. The highest BCUT2D eigenvalue weighted by atomic mass is 15.3. The molecule has 0 unspecified atom stereocenters. The van der Waals surface area contributed by atoms with Gasteiger partial charge in [0, 0.05) is 44.6 Å². The molecule has 0 fully saturated rings. The predicted molar refractivity (Wildman–Crippen MR) is 80.3 cm³/mol. The van der Waals surface area contributed by atoms with Crippen LogP contribution in [0.2, 0.25) is 0 Å². The van der Waals surface area contributed by atoms with Gasteiger partial charge in [-0.2, -0.15) is 5.10 Å². The normalized spacial score (nSPS) is 10.8. The maximum Gasteiger partial charge on any atom is 0.222 e.